The van der Waals surface area contributed by atoms with Crippen LogP contribution in [0.4, 0.5) is 0 Å². The van der Waals surface area contributed by atoms with Gasteiger partial charge in [-0.25, -0.2) is 0 Å². The molecule has 0 aliphatic carbocycles. The number of carbonyl (C=O) groups excluding carboxylic acids is 1. The van der Waals surface area contributed by atoms with Crippen LogP contribution in [0.3, 0.4) is 0 Å². The van der Waals surface area contributed by atoms with E-state index < -0.39 is 18.2 Å². The first-order valence-electron chi connectivity index (χ1n) is 28.3. The monoisotopic (exact) mass is 886 g/mol. The lowest BCUT2D eigenvalue weighted by Crippen LogP contribution is -2.45. The van der Waals surface area contributed by atoms with Gasteiger partial charge in [0.05, 0.1) is 31.3 Å². The zero-order valence-electron chi connectivity index (χ0n) is 42.5. The summed E-state index contributed by atoms with van der Waals surface area (Å²) >= 11 is 0. The summed E-state index contributed by atoms with van der Waals surface area (Å²) in [4.78, 5) is 12.5. The molecule has 0 rings (SSSR count). The molecule has 0 aliphatic heterocycles. The second-order valence-electron chi connectivity index (χ2n) is 19.5. The van der Waals surface area contributed by atoms with Gasteiger partial charge in [0.1, 0.15) is 0 Å². The number of allylic oxidation sites excluding steroid dienone is 5. The highest BCUT2D eigenvalue weighted by molar-refractivity contribution is 5.76. The lowest BCUT2D eigenvalue weighted by molar-refractivity contribution is -0.124. The molecule has 0 saturated carbocycles. The van der Waals surface area contributed by atoms with Gasteiger partial charge < -0.3 is 20.6 Å². The van der Waals surface area contributed by atoms with Crippen molar-refractivity contribution in [3.63, 3.8) is 0 Å². The van der Waals surface area contributed by atoms with Crippen LogP contribution in [-0.2, 0) is 4.79 Å². The minimum atomic E-state index is -0.951. The SMILES string of the molecule is CCCCCCCCCCCCCC/C=C\CCCCCCCCCCCCCCCCC(O)CC(=O)NC(CO)C(O)/C=C/CC/C=C/CCCCCCCCCCCCCC. The fourth-order valence-electron chi connectivity index (χ4n) is 8.82. The van der Waals surface area contributed by atoms with E-state index in [1.807, 2.05) is 6.08 Å². The first-order valence-corrected chi connectivity index (χ1v) is 28.3. The number of amides is 1. The number of aliphatic hydroxyl groups excluding tert-OH is 3. The number of hydrogen-bond acceptors (Lipinski definition) is 4. The molecule has 5 nitrogen and oxygen atoms in total. The Labute approximate surface area is 394 Å². The molecule has 1 amide bonds. The van der Waals surface area contributed by atoms with E-state index in [-0.39, 0.29) is 18.9 Å². The fraction of sp³-hybridized carbons (Fsp3) is 0.879. The summed E-state index contributed by atoms with van der Waals surface area (Å²) in [6.07, 6.45) is 69.1. The molecule has 0 fully saturated rings. The Kier molecular flexibility index (Phi) is 52.0. The summed E-state index contributed by atoms with van der Waals surface area (Å²) in [6.45, 7) is 4.23. The molecule has 3 unspecified atom stereocenters. The van der Waals surface area contributed by atoms with Gasteiger partial charge in [0, 0.05) is 0 Å². The summed E-state index contributed by atoms with van der Waals surface area (Å²) in [7, 11) is 0. The Morgan fingerprint density at radius 1 is 0.397 bits per heavy atom. The molecule has 5 heteroatoms. The van der Waals surface area contributed by atoms with Gasteiger partial charge in [0.15, 0.2) is 0 Å². The summed E-state index contributed by atoms with van der Waals surface area (Å²) in [5, 5.41) is 33.4. The second kappa shape index (κ2) is 53.2. The van der Waals surface area contributed by atoms with E-state index in [0.717, 1.165) is 32.1 Å². The summed E-state index contributed by atoms with van der Waals surface area (Å²) < 4.78 is 0. The van der Waals surface area contributed by atoms with Crippen molar-refractivity contribution in [1.29, 1.82) is 0 Å². The summed E-state index contributed by atoms with van der Waals surface area (Å²) in [6, 6.07) is -0.761. The predicted octanol–water partition coefficient (Wildman–Crippen LogP) is 17.4. The highest BCUT2D eigenvalue weighted by atomic mass is 16.3. The van der Waals surface area contributed by atoms with E-state index in [2.05, 4.69) is 43.5 Å². The minimum Gasteiger partial charge on any atom is -0.394 e. The zero-order valence-corrected chi connectivity index (χ0v) is 42.5. The van der Waals surface area contributed by atoms with Crippen molar-refractivity contribution in [3.8, 4) is 0 Å². The maximum absolute atomic E-state index is 12.5. The minimum absolute atomic E-state index is 0.00777. The molecule has 0 saturated heterocycles. The lowest BCUT2D eigenvalue weighted by atomic mass is 10.0. The molecule has 0 heterocycles. The molecule has 0 bridgehead atoms. The van der Waals surface area contributed by atoms with Gasteiger partial charge in [-0.3, -0.25) is 4.79 Å². The van der Waals surface area contributed by atoms with Crippen LogP contribution >= 0.6 is 0 Å². The number of unbranched alkanes of at least 4 members (excludes halogenated alkanes) is 39. The lowest BCUT2D eigenvalue weighted by Gasteiger charge is -2.21. The zero-order chi connectivity index (χ0) is 45.8. The third-order valence-corrected chi connectivity index (χ3v) is 13.1. The van der Waals surface area contributed by atoms with Gasteiger partial charge in [-0.15, -0.1) is 0 Å². The van der Waals surface area contributed by atoms with Crippen LogP contribution in [0.1, 0.15) is 303 Å². The number of carbonyl (C=O) groups is 1. The summed E-state index contributed by atoms with van der Waals surface area (Å²) in [5.74, 6) is -0.322. The molecule has 0 aromatic carbocycles. The molecule has 372 valence electrons. The third-order valence-electron chi connectivity index (χ3n) is 13.1. The van der Waals surface area contributed by atoms with Gasteiger partial charge in [-0.1, -0.05) is 275 Å². The van der Waals surface area contributed by atoms with Crippen LogP contribution in [0, 0.1) is 0 Å². The number of aliphatic hydroxyl groups is 3. The molecule has 0 spiro atoms. The Morgan fingerprint density at radius 3 is 1.02 bits per heavy atom. The van der Waals surface area contributed by atoms with E-state index in [9.17, 15) is 20.1 Å². The Morgan fingerprint density at radius 2 is 0.683 bits per heavy atom. The van der Waals surface area contributed by atoms with E-state index in [1.165, 1.54) is 244 Å². The quantitative estimate of drug-likeness (QED) is 0.0362. The second-order valence-corrected chi connectivity index (χ2v) is 19.5. The number of hydrogen-bond donors (Lipinski definition) is 4. The highest BCUT2D eigenvalue weighted by Gasteiger charge is 2.20. The Balaban J connectivity index is 3.56. The van der Waals surface area contributed by atoms with Crippen LogP contribution in [0.25, 0.3) is 0 Å². The van der Waals surface area contributed by atoms with Gasteiger partial charge >= 0.3 is 0 Å². The molecule has 4 N–H and O–H groups in total. The van der Waals surface area contributed by atoms with Crippen molar-refractivity contribution in [2.24, 2.45) is 0 Å². The van der Waals surface area contributed by atoms with Crippen molar-refractivity contribution in [2.75, 3.05) is 6.61 Å². The first-order chi connectivity index (χ1) is 31.0. The van der Waals surface area contributed by atoms with Crippen molar-refractivity contribution >= 4 is 5.91 Å². The normalized spacial score (nSPS) is 13.5. The van der Waals surface area contributed by atoms with Crippen LogP contribution in [0.15, 0.2) is 36.5 Å². The smallest absolute Gasteiger partial charge is 0.222 e. The van der Waals surface area contributed by atoms with E-state index in [4.69, 9.17) is 0 Å². The number of rotatable bonds is 52. The number of nitrogens with one attached hydrogen (secondary N) is 1. The molecule has 0 radical (unpaired) electrons. The van der Waals surface area contributed by atoms with E-state index >= 15 is 0 Å². The van der Waals surface area contributed by atoms with Crippen LogP contribution in [0.2, 0.25) is 0 Å². The predicted molar refractivity (Wildman–Crippen MR) is 278 cm³/mol. The molecule has 0 aromatic rings. The van der Waals surface area contributed by atoms with Gasteiger partial charge in [0.2, 0.25) is 5.91 Å². The van der Waals surface area contributed by atoms with Crippen LogP contribution < -0.4 is 5.32 Å². The standard InChI is InChI=1S/C58H111NO4/c1-3-5-7-9-11-13-15-17-19-21-23-24-25-26-27-28-29-30-31-32-33-34-35-37-39-41-43-45-47-49-51-55(61)53-58(63)59-56(54-60)57(62)52-50-48-46-44-42-40-38-36-22-20-18-16-14-12-10-8-6-4-2/h26-27,42,44,50,52,55-57,60-62H,3-25,28-41,43,45-49,51,53-54H2,1-2H3,(H,59,63)/b27-26-,44-42+,52-50+. The average Bonchev–Trinajstić information content (AvgIpc) is 3.28. The molecule has 0 aliphatic rings. The van der Waals surface area contributed by atoms with Gasteiger partial charge in [-0.2, -0.15) is 0 Å². The van der Waals surface area contributed by atoms with Crippen molar-refractivity contribution < 1.29 is 20.1 Å². The Hall–Kier alpha value is -1.43. The van der Waals surface area contributed by atoms with Crippen molar-refractivity contribution in [1.82, 2.24) is 5.32 Å². The van der Waals surface area contributed by atoms with Crippen LogP contribution in [0.5, 0.6) is 0 Å². The van der Waals surface area contributed by atoms with E-state index in [0.29, 0.717) is 6.42 Å². The first kappa shape index (κ1) is 61.6. The summed E-state index contributed by atoms with van der Waals surface area (Å²) in [5.41, 5.74) is 0. The largest absolute Gasteiger partial charge is 0.394 e. The molecular formula is C58H111NO4. The van der Waals surface area contributed by atoms with Crippen molar-refractivity contribution in [2.45, 2.75) is 321 Å². The topological polar surface area (TPSA) is 89.8 Å². The van der Waals surface area contributed by atoms with Gasteiger partial charge in [-0.05, 0) is 57.8 Å². The Bertz CT molecular complexity index is 978. The molecule has 63 heavy (non-hydrogen) atoms. The van der Waals surface area contributed by atoms with Crippen LogP contribution in [-0.4, -0.2) is 46.1 Å². The third kappa shape index (κ3) is 49.8. The maximum atomic E-state index is 12.5. The van der Waals surface area contributed by atoms with E-state index in [1.54, 1.807) is 6.08 Å². The van der Waals surface area contributed by atoms with Crippen molar-refractivity contribution in [3.05, 3.63) is 36.5 Å². The molecular weight excluding hydrogens is 775 g/mol. The maximum Gasteiger partial charge on any atom is 0.222 e. The molecule has 0 aromatic heterocycles. The highest BCUT2D eigenvalue weighted by Crippen LogP contribution is 2.17. The average molecular weight is 887 g/mol. The molecule has 3 atom stereocenters. The van der Waals surface area contributed by atoms with Gasteiger partial charge in [0.25, 0.3) is 0 Å². The fourth-order valence-corrected chi connectivity index (χ4v) is 8.82.